The Bertz CT molecular complexity index is 2380. The molecular formula is C38H22O2. The Labute approximate surface area is 229 Å². The third-order valence-electron chi connectivity index (χ3n) is 8.33. The molecule has 0 aliphatic carbocycles. The van der Waals surface area contributed by atoms with E-state index in [4.69, 9.17) is 8.83 Å². The molecule has 0 fully saturated rings. The van der Waals surface area contributed by atoms with Crippen molar-refractivity contribution in [2.75, 3.05) is 0 Å². The van der Waals surface area contributed by atoms with Crippen LogP contribution in [0.15, 0.2) is 142 Å². The van der Waals surface area contributed by atoms with Crippen molar-refractivity contribution in [1.82, 2.24) is 0 Å². The van der Waals surface area contributed by atoms with E-state index in [0.29, 0.717) is 0 Å². The van der Waals surface area contributed by atoms with Gasteiger partial charge in [0, 0.05) is 21.5 Å². The van der Waals surface area contributed by atoms with Crippen molar-refractivity contribution in [3.63, 3.8) is 0 Å². The number of hydrogen-bond donors (Lipinski definition) is 0. The molecule has 0 unspecified atom stereocenters. The van der Waals surface area contributed by atoms with Crippen LogP contribution in [0.2, 0.25) is 0 Å². The summed E-state index contributed by atoms with van der Waals surface area (Å²) in [5.74, 6) is 0. The lowest BCUT2D eigenvalue weighted by molar-refractivity contribution is 0.619. The summed E-state index contributed by atoms with van der Waals surface area (Å²) in [6.07, 6.45) is 1.79. The first kappa shape index (κ1) is 21.6. The van der Waals surface area contributed by atoms with Crippen LogP contribution < -0.4 is 0 Å². The second-order valence-corrected chi connectivity index (χ2v) is 10.4. The predicted molar refractivity (Wildman–Crippen MR) is 167 cm³/mol. The summed E-state index contributed by atoms with van der Waals surface area (Å²) in [6.45, 7) is 0. The minimum Gasteiger partial charge on any atom is -0.464 e. The van der Waals surface area contributed by atoms with Gasteiger partial charge in [0.2, 0.25) is 0 Å². The Morgan fingerprint density at radius 2 is 0.950 bits per heavy atom. The molecule has 186 valence electrons. The average Bonchev–Trinajstić information content (AvgIpc) is 3.64. The van der Waals surface area contributed by atoms with Crippen molar-refractivity contribution in [2.45, 2.75) is 0 Å². The lowest BCUT2D eigenvalue weighted by Gasteiger charge is -2.19. The normalized spacial score (nSPS) is 12.0. The molecule has 0 atom stereocenters. The fraction of sp³-hybridized carbons (Fsp3) is 0. The van der Waals surface area contributed by atoms with Gasteiger partial charge < -0.3 is 8.83 Å². The van der Waals surface area contributed by atoms with Crippen molar-refractivity contribution < 1.29 is 8.83 Å². The zero-order valence-corrected chi connectivity index (χ0v) is 21.5. The predicted octanol–water partition coefficient (Wildman–Crippen LogP) is 11.1. The van der Waals surface area contributed by atoms with Gasteiger partial charge in [-0.25, -0.2) is 0 Å². The Hall–Kier alpha value is -5.34. The van der Waals surface area contributed by atoms with Crippen molar-refractivity contribution >= 4 is 65.2 Å². The smallest absolute Gasteiger partial charge is 0.141 e. The van der Waals surface area contributed by atoms with Crippen LogP contribution in [0.4, 0.5) is 0 Å². The van der Waals surface area contributed by atoms with Crippen molar-refractivity contribution in [2.24, 2.45) is 0 Å². The molecule has 0 aliphatic rings. The molecule has 0 N–H and O–H groups in total. The van der Waals surface area contributed by atoms with Gasteiger partial charge in [-0.3, -0.25) is 0 Å². The number of benzene rings is 7. The second kappa shape index (κ2) is 8.08. The third-order valence-corrected chi connectivity index (χ3v) is 8.33. The highest BCUT2D eigenvalue weighted by molar-refractivity contribution is 6.28. The van der Waals surface area contributed by atoms with Crippen LogP contribution in [0.5, 0.6) is 0 Å². The summed E-state index contributed by atoms with van der Waals surface area (Å²) >= 11 is 0. The number of rotatable bonds is 2. The maximum Gasteiger partial charge on any atom is 0.141 e. The lowest BCUT2D eigenvalue weighted by atomic mass is 9.83. The van der Waals surface area contributed by atoms with E-state index in [9.17, 15) is 0 Å². The van der Waals surface area contributed by atoms with Gasteiger partial charge in [-0.2, -0.15) is 0 Å². The van der Waals surface area contributed by atoms with Gasteiger partial charge >= 0.3 is 0 Å². The molecule has 0 saturated heterocycles. The summed E-state index contributed by atoms with van der Waals surface area (Å²) in [5.41, 5.74) is 7.65. The molecule has 2 heteroatoms. The highest BCUT2D eigenvalue weighted by Crippen LogP contribution is 2.48. The Morgan fingerprint density at radius 3 is 1.65 bits per heavy atom. The SMILES string of the molecule is c1ccc2c(c1)oc1cccc(-c3c4ccccc4c(-c4cc5ccoc5c5ccccc45)c4ccccc34)c12. The average molecular weight is 511 g/mol. The highest BCUT2D eigenvalue weighted by Gasteiger charge is 2.21. The summed E-state index contributed by atoms with van der Waals surface area (Å²) in [7, 11) is 0. The first-order chi connectivity index (χ1) is 19.9. The van der Waals surface area contributed by atoms with E-state index >= 15 is 0 Å². The summed E-state index contributed by atoms with van der Waals surface area (Å²) in [4.78, 5) is 0. The van der Waals surface area contributed by atoms with E-state index in [1.807, 2.05) is 6.07 Å². The molecular weight excluding hydrogens is 488 g/mol. The number of hydrogen-bond acceptors (Lipinski definition) is 2. The van der Waals surface area contributed by atoms with Crippen molar-refractivity contribution in [3.05, 3.63) is 134 Å². The zero-order valence-electron chi connectivity index (χ0n) is 21.5. The van der Waals surface area contributed by atoms with E-state index in [2.05, 4.69) is 121 Å². The molecule has 2 nitrogen and oxygen atoms in total. The van der Waals surface area contributed by atoms with Crippen LogP contribution in [-0.2, 0) is 0 Å². The van der Waals surface area contributed by atoms with Gasteiger partial charge in [-0.05, 0) is 73.5 Å². The molecule has 9 aromatic rings. The topological polar surface area (TPSA) is 26.3 Å². The summed E-state index contributed by atoms with van der Waals surface area (Å²) in [5, 5.41) is 10.6. The van der Waals surface area contributed by atoms with E-state index in [-0.39, 0.29) is 0 Å². The number of furan rings is 2. The minimum atomic E-state index is 0.910. The molecule has 9 rings (SSSR count). The largest absolute Gasteiger partial charge is 0.464 e. The Kier molecular flexibility index (Phi) is 4.36. The number of para-hydroxylation sites is 1. The van der Waals surface area contributed by atoms with Crippen LogP contribution in [-0.4, -0.2) is 0 Å². The molecule has 0 spiro atoms. The first-order valence-corrected chi connectivity index (χ1v) is 13.6. The molecule has 7 aromatic carbocycles. The second-order valence-electron chi connectivity index (χ2n) is 10.4. The zero-order chi connectivity index (χ0) is 26.2. The molecule has 0 radical (unpaired) electrons. The van der Waals surface area contributed by atoms with Gasteiger partial charge in [0.1, 0.15) is 16.7 Å². The van der Waals surface area contributed by atoms with E-state index in [1.165, 1.54) is 49.2 Å². The van der Waals surface area contributed by atoms with Gasteiger partial charge in [0.25, 0.3) is 0 Å². The van der Waals surface area contributed by atoms with Crippen molar-refractivity contribution in [3.8, 4) is 22.3 Å². The molecule has 0 aliphatic heterocycles. The Morgan fingerprint density at radius 1 is 0.400 bits per heavy atom. The summed E-state index contributed by atoms with van der Waals surface area (Å²) < 4.78 is 12.2. The summed E-state index contributed by atoms with van der Waals surface area (Å²) in [6, 6.07) is 45.3. The monoisotopic (exact) mass is 510 g/mol. The standard InChI is InChI=1S/C38H22O2/c1-6-15-29-24(10-1)32(22-23-20-21-39-38(23)29)36-27-13-4-2-11-25(27)35(26-12-3-5-14-28(26)36)31-17-9-19-34-37(31)30-16-7-8-18-33(30)40-34/h1-22H. The molecule has 0 saturated carbocycles. The van der Waals surface area contributed by atoms with Crippen molar-refractivity contribution in [1.29, 1.82) is 0 Å². The molecule has 40 heavy (non-hydrogen) atoms. The van der Waals surface area contributed by atoms with Gasteiger partial charge in [-0.1, -0.05) is 103 Å². The van der Waals surface area contributed by atoms with Crippen LogP contribution in [0.3, 0.4) is 0 Å². The fourth-order valence-corrected chi connectivity index (χ4v) is 6.70. The van der Waals surface area contributed by atoms with Gasteiger partial charge in [0.05, 0.1) is 6.26 Å². The van der Waals surface area contributed by atoms with E-state index < -0.39 is 0 Å². The van der Waals surface area contributed by atoms with E-state index in [0.717, 1.165) is 38.3 Å². The van der Waals surface area contributed by atoms with Crippen LogP contribution in [0.1, 0.15) is 0 Å². The lowest BCUT2D eigenvalue weighted by Crippen LogP contribution is -1.92. The first-order valence-electron chi connectivity index (χ1n) is 13.6. The molecule has 2 aromatic heterocycles. The van der Waals surface area contributed by atoms with Crippen LogP contribution in [0.25, 0.3) is 87.5 Å². The molecule has 0 bridgehead atoms. The maximum atomic E-state index is 6.30. The molecule has 2 heterocycles. The minimum absolute atomic E-state index is 0.910. The molecule has 0 amide bonds. The van der Waals surface area contributed by atoms with E-state index in [1.54, 1.807) is 6.26 Å². The van der Waals surface area contributed by atoms with Crippen LogP contribution in [0, 0.1) is 0 Å². The highest BCUT2D eigenvalue weighted by atomic mass is 16.3. The number of fused-ring (bicyclic) bond motifs is 8. The van der Waals surface area contributed by atoms with Gasteiger partial charge in [-0.15, -0.1) is 0 Å². The Balaban J connectivity index is 1.49. The van der Waals surface area contributed by atoms with Crippen LogP contribution >= 0.6 is 0 Å². The van der Waals surface area contributed by atoms with Gasteiger partial charge in [0.15, 0.2) is 0 Å². The third kappa shape index (κ3) is 2.88. The fourth-order valence-electron chi connectivity index (χ4n) is 6.70. The quantitative estimate of drug-likeness (QED) is 0.216. The maximum absolute atomic E-state index is 6.30.